The number of anilines is 2. The minimum atomic E-state index is -0.247. The number of methoxy groups -OCH3 is 2. The van der Waals surface area contributed by atoms with E-state index in [1.54, 1.807) is 50.1 Å². The molecular weight excluding hydrogens is 390 g/mol. The van der Waals surface area contributed by atoms with Crippen LogP contribution in [-0.4, -0.2) is 31.0 Å². The molecule has 1 aromatic heterocycles. The molecule has 1 heterocycles. The molecular formula is C21H21N3O4S. The Kier molecular flexibility index (Phi) is 6.80. The van der Waals surface area contributed by atoms with Crippen molar-refractivity contribution in [1.82, 2.24) is 4.98 Å². The van der Waals surface area contributed by atoms with Gasteiger partial charge in [0.05, 0.1) is 14.2 Å². The molecule has 8 heteroatoms. The lowest BCUT2D eigenvalue weighted by Crippen LogP contribution is -2.14. The Balaban J connectivity index is 1.55. The Labute approximate surface area is 172 Å². The van der Waals surface area contributed by atoms with Gasteiger partial charge in [0.25, 0.3) is 5.91 Å². The van der Waals surface area contributed by atoms with Crippen molar-refractivity contribution in [1.29, 1.82) is 0 Å². The predicted octanol–water partition coefficient (Wildman–Crippen LogP) is 3.98. The van der Waals surface area contributed by atoms with Crippen molar-refractivity contribution < 1.29 is 19.1 Å². The highest BCUT2D eigenvalue weighted by atomic mass is 32.1. The molecule has 0 aliphatic rings. The molecule has 0 bridgehead atoms. The van der Waals surface area contributed by atoms with E-state index >= 15 is 0 Å². The molecule has 2 aromatic carbocycles. The van der Waals surface area contributed by atoms with E-state index in [-0.39, 0.29) is 18.2 Å². The summed E-state index contributed by atoms with van der Waals surface area (Å²) in [5, 5.41) is 7.88. The lowest BCUT2D eigenvalue weighted by Gasteiger charge is -2.11. The first kappa shape index (κ1) is 20.3. The van der Waals surface area contributed by atoms with E-state index in [2.05, 4.69) is 15.6 Å². The minimum absolute atomic E-state index is 0.130. The first-order valence-corrected chi connectivity index (χ1v) is 9.78. The molecule has 3 aromatic rings. The van der Waals surface area contributed by atoms with Crippen LogP contribution in [-0.2, 0) is 11.2 Å². The molecule has 0 spiro atoms. The van der Waals surface area contributed by atoms with Crippen LogP contribution in [0.1, 0.15) is 22.3 Å². The zero-order valence-electron chi connectivity index (χ0n) is 16.1. The first-order chi connectivity index (χ1) is 14.1. The topological polar surface area (TPSA) is 89.5 Å². The molecule has 0 fully saturated rings. The van der Waals surface area contributed by atoms with E-state index in [1.165, 1.54) is 11.3 Å². The third-order valence-electron chi connectivity index (χ3n) is 4.19. The lowest BCUT2D eigenvalue weighted by molar-refractivity contribution is -0.116. The fourth-order valence-corrected chi connectivity index (χ4v) is 3.23. The number of hydrogen-bond acceptors (Lipinski definition) is 6. The van der Waals surface area contributed by atoms with Gasteiger partial charge in [-0.25, -0.2) is 4.98 Å². The molecule has 0 aliphatic carbocycles. The van der Waals surface area contributed by atoms with Gasteiger partial charge in [-0.2, -0.15) is 0 Å². The van der Waals surface area contributed by atoms with Gasteiger partial charge in [0.1, 0.15) is 11.5 Å². The normalized spacial score (nSPS) is 10.3. The molecule has 150 valence electrons. The van der Waals surface area contributed by atoms with Crippen LogP contribution in [0.15, 0.2) is 54.0 Å². The zero-order valence-corrected chi connectivity index (χ0v) is 16.9. The fourth-order valence-electron chi connectivity index (χ4n) is 2.71. The summed E-state index contributed by atoms with van der Waals surface area (Å²) >= 11 is 1.35. The molecule has 7 nitrogen and oxygen atoms in total. The summed E-state index contributed by atoms with van der Waals surface area (Å²) in [5.41, 5.74) is 2.01. The van der Waals surface area contributed by atoms with E-state index in [9.17, 15) is 9.59 Å². The summed E-state index contributed by atoms with van der Waals surface area (Å²) in [6.45, 7) is 0. The van der Waals surface area contributed by atoms with E-state index < -0.39 is 0 Å². The largest absolute Gasteiger partial charge is 0.497 e. The summed E-state index contributed by atoms with van der Waals surface area (Å²) in [6.07, 6.45) is 2.43. The van der Waals surface area contributed by atoms with E-state index in [4.69, 9.17) is 9.47 Å². The third kappa shape index (κ3) is 5.55. The molecule has 0 radical (unpaired) electrons. The molecule has 0 saturated heterocycles. The smallest absolute Gasteiger partial charge is 0.257 e. The van der Waals surface area contributed by atoms with Gasteiger partial charge in [0.2, 0.25) is 5.91 Å². The Morgan fingerprint density at radius 3 is 2.48 bits per heavy atom. The number of thiazole rings is 1. The Hall–Kier alpha value is -3.39. The number of amides is 2. The van der Waals surface area contributed by atoms with Crippen LogP contribution in [0.3, 0.4) is 0 Å². The number of carbonyl (C=O) groups excluding carboxylic acids is 2. The number of nitrogens with one attached hydrogen (secondary N) is 2. The van der Waals surface area contributed by atoms with Gasteiger partial charge in [-0.15, -0.1) is 11.3 Å². The van der Waals surface area contributed by atoms with Crippen molar-refractivity contribution in [2.45, 2.75) is 12.8 Å². The number of ether oxygens (including phenoxy) is 2. The maximum Gasteiger partial charge on any atom is 0.257 e. The minimum Gasteiger partial charge on any atom is -0.497 e. The van der Waals surface area contributed by atoms with Crippen molar-refractivity contribution in [2.75, 3.05) is 24.9 Å². The SMILES string of the molecule is COc1ccc(OC)c(CCC(=O)Nc2ccc(C(=O)Nc3nccs3)cc2)c1. The van der Waals surface area contributed by atoms with Crippen LogP contribution in [0.2, 0.25) is 0 Å². The van der Waals surface area contributed by atoms with Crippen LogP contribution < -0.4 is 20.1 Å². The van der Waals surface area contributed by atoms with Crippen molar-refractivity contribution in [3.05, 3.63) is 65.2 Å². The van der Waals surface area contributed by atoms with Gasteiger partial charge < -0.3 is 14.8 Å². The number of aryl methyl sites for hydroxylation is 1. The van der Waals surface area contributed by atoms with Gasteiger partial charge >= 0.3 is 0 Å². The first-order valence-electron chi connectivity index (χ1n) is 8.90. The van der Waals surface area contributed by atoms with Gasteiger partial charge in [0, 0.05) is 29.2 Å². The maximum absolute atomic E-state index is 12.3. The quantitative estimate of drug-likeness (QED) is 0.585. The highest BCUT2D eigenvalue weighted by Gasteiger charge is 2.10. The van der Waals surface area contributed by atoms with E-state index in [0.717, 1.165) is 5.56 Å². The monoisotopic (exact) mass is 411 g/mol. The highest BCUT2D eigenvalue weighted by molar-refractivity contribution is 7.13. The Morgan fingerprint density at radius 2 is 1.83 bits per heavy atom. The number of rotatable bonds is 8. The molecule has 3 rings (SSSR count). The van der Waals surface area contributed by atoms with E-state index in [1.807, 2.05) is 18.2 Å². The van der Waals surface area contributed by atoms with Gasteiger partial charge in [-0.1, -0.05) is 0 Å². The second-order valence-electron chi connectivity index (χ2n) is 6.09. The second kappa shape index (κ2) is 9.70. The maximum atomic E-state index is 12.3. The van der Waals surface area contributed by atoms with Gasteiger partial charge in [0.15, 0.2) is 5.13 Å². The number of benzene rings is 2. The van der Waals surface area contributed by atoms with Gasteiger partial charge in [-0.05, 0) is 54.4 Å². The van der Waals surface area contributed by atoms with Crippen LogP contribution in [0.4, 0.5) is 10.8 Å². The summed E-state index contributed by atoms with van der Waals surface area (Å²) in [7, 11) is 3.19. The Bertz CT molecular complexity index is 972. The third-order valence-corrected chi connectivity index (χ3v) is 4.88. The second-order valence-corrected chi connectivity index (χ2v) is 6.99. The standard InChI is InChI=1S/C21H21N3O4S/c1-27-17-8-9-18(28-2)15(13-17)5-10-19(25)23-16-6-3-14(4-7-16)20(26)24-21-22-11-12-29-21/h3-4,6-9,11-13H,5,10H2,1-2H3,(H,23,25)(H,22,24,26). The molecule has 0 atom stereocenters. The summed E-state index contributed by atoms with van der Waals surface area (Å²) in [4.78, 5) is 28.5. The van der Waals surface area contributed by atoms with Crippen molar-refractivity contribution in [2.24, 2.45) is 0 Å². The summed E-state index contributed by atoms with van der Waals surface area (Å²) in [6, 6.07) is 12.2. The lowest BCUT2D eigenvalue weighted by atomic mass is 10.1. The zero-order chi connectivity index (χ0) is 20.6. The number of hydrogen-bond donors (Lipinski definition) is 2. The van der Waals surface area contributed by atoms with Gasteiger partial charge in [-0.3, -0.25) is 14.9 Å². The average molecular weight is 411 g/mol. The van der Waals surface area contributed by atoms with Crippen molar-refractivity contribution in [3.8, 4) is 11.5 Å². The van der Waals surface area contributed by atoms with Crippen molar-refractivity contribution >= 4 is 34.0 Å². The summed E-state index contributed by atoms with van der Waals surface area (Å²) in [5.74, 6) is 1.06. The summed E-state index contributed by atoms with van der Waals surface area (Å²) < 4.78 is 10.6. The highest BCUT2D eigenvalue weighted by Crippen LogP contribution is 2.25. The molecule has 0 unspecified atom stereocenters. The molecule has 0 aliphatic heterocycles. The van der Waals surface area contributed by atoms with Crippen LogP contribution in [0, 0.1) is 0 Å². The van der Waals surface area contributed by atoms with Crippen LogP contribution in [0.5, 0.6) is 11.5 Å². The number of aromatic nitrogens is 1. The van der Waals surface area contributed by atoms with Crippen LogP contribution in [0.25, 0.3) is 0 Å². The molecule has 0 saturated carbocycles. The average Bonchev–Trinajstić information content (AvgIpc) is 3.25. The molecule has 29 heavy (non-hydrogen) atoms. The Morgan fingerprint density at radius 1 is 1.03 bits per heavy atom. The number of carbonyl (C=O) groups is 2. The predicted molar refractivity (Wildman–Crippen MR) is 113 cm³/mol. The molecule has 2 N–H and O–H groups in total. The fraction of sp³-hybridized carbons (Fsp3) is 0.190. The van der Waals surface area contributed by atoms with Crippen LogP contribution >= 0.6 is 11.3 Å². The van der Waals surface area contributed by atoms with Crippen molar-refractivity contribution in [3.63, 3.8) is 0 Å². The number of nitrogens with zero attached hydrogens (tertiary/aromatic N) is 1. The van der Waals surface area contributed by atoms with E-state index in [0.29, 0.717) is 34.3 Å². The molecule has 2 amide bonds.